The van der Waals surface area contributed by atoms with Gasteiger partial charge in [-0.05, 0) is 64.0 Å². The van der Waals surface area contributed by atoms with Crippen LogP contribution in [0.1, 0.15) is 42.8 Å². The van der Waals surface area contributed by atoms with Gasteiger partial charge < -0.3 is 9.64 Å². The van der Waals surface area contributed by atoms with E-state index in [0.717, 1.165) is 39.8 Å². The van der Waals surface area contributed by atoms with Gasteiger partial charge in [-0.25, -0.2) is 9.97 Å². The fraction of sp³-hybridized carbons (Fsp3) is 0.455. The summed E-state index contributed by atoms with van der Waals surface area (Å²) in [5, 5.41) is 0.727. The predicted molar refractivity (Wildman–Crippen MR) is 114 cm³/mol. The number of aromatic nitrogens is 2. The van der Waals surface area contributed by atoms with Gasteiger partial charge in [0.05, 0.1) is 0 Å². The summed E-state index contributed by atoms with van der Waals surface area (Å²) in [5.41, 5.74) is 4.76. The van der Waals surface area contributed by atoms with Crippen molar-refractivity contribution in [3.8, 4) is 0 Å². The number of benzene rings is 1. The number of fused-ring (bicyclic) bond motifs is 1. The number of hydrogen-bond donors (Lipinski definition) is 0. The number of amides is 1. The first-order valence-corrected chi connectivity index (χ1v) is 11.0. The van der Waals surface area contributed by atoms with Gasteiger partial charge >= 0.3 is 5.97 Å². The van der Waals surface area contributed by atoms with Crippen molar-refractivity contribution in [3.63, 3.8) is 0 Å². The van der Waals surface area contributed by atoms with Crippen molar-refractivity contribution in [3.05, 3.63) is 46.8 Å². The first-order chi connectivity index (χ1) is 13.8. The van der Waals surface area contributed by atoms with Gasteiger partial charge in [-0.3, -0.25) is 9.59 Å². The van der Waals surface area contributed by atoms with E-state index in [1.807, 2.05) is 51.3 Å². The minimum atomic E-state index is -0.826. The van der Waals surface area contributed by atoms with Crippen molar-refractivity contribution < 1.29 is 14.3 Å². The molecule has 0 radical (unpaired) electrons. The lowest BCUT2D eigenvalue weighted by Crippen LogP contribution is -2.43. The molecule has 0 spiro atoms. The van der Waals surface area contributed by atoms with Crippen LogP contribution < -0.4 is 4.90 Å². The van der Waals surface area contributed by atoms with E-state index < -0.39 is 12.1 Å². The van der Waals surface area contributed by atoms with E-state index in [9.17, 15) is 9.59 Å². The molecule has 154 valence electrons. The molecule has 1 aromatic carbocycles. The first kappa shape index (κ1) is 21.3. The van der Waals surface area contributed by atoms with Crippen LogP contribution in [0.4, 0.5) is 5.69 Å². The Morgan fingerprint density at radius 1 is 1.24 bits per heavy atom. The third kappa shape index (κ3) is 4.61. The maximum Gasteiger partial charge on any atom is 0.306 e. The number of para-hydroxylation sites is 1. The van der Waals surface area contributed by atoms with Gasteiger partial charge in [-0.1, -0.05) is 30.0 Å². The molecule has 0 fully saturated rings. The number of aryl methyl sites for hydroxylation is 2. The molecular weight excluding hydrogens is 386 g/mol. The van der Waals surface area contributed by atoms with Crippen molar-refractivity contribution in [1.29, 1.82) is 0 Å². The molecule has 1 aromatic heterocycles. The summed E-state index contributed by atoms with van der Waals surface area (Å²) in [6.45, 7) is 7.50. The minimum absolute atomic E-state index is 0.0541. The lowest BCUT2D eigenvalue weighted by Gasteiger charge is -2.26. The van der Waals surface area contributed by atoms with Crippen LogP contribution >= 0.6 is 11.8 Å². The van der Waals surface area contributed by atoms with Gasteiger partial charge in [0.15, 0.2) is 11.3 Å². The normalized spacial score (nSPS) is 16.4. The van der Waals surface area contributed by atoms with E-state index >= 15 is 0 Å². The molecule has 0 bridgehead atoms. The number of thioether (sulfide) groups is 1. The summed E-state index contributed by atoms with van der Waals surface area (Å²) in [6, 6.07) is 7.92. The van der Waals surface area contributed by atoms with E-state index in [1.54, 1.807) is 11.8 Å². The number of carbonyl (C=O) groups is 2. The third-order valence-corrected chi connectivity index (χ3v) is 5.81. The molecule has 0 N–H and O–H groups in total. The second kappa shape index (κ2) is 8.95. The van der Waals surface area contributed by atoms with E-state index in [0.29, 0.717) is 6.42 Å². The maximum atomic E-state index is 12.9. The van der Waals surface area contributed by atoms with E-state index in [4.69, 9.17) is 4.74 Å². The average molecular weight is 414 g/mol. The molecule has 0 aliphatic carbocycles. The fourth-order valence-electron chi connectivity index (χ4n) is 3.79. The number of esters is 1. The van der Waals surface area contributed by atoms with Gasteiger partial charge in [-0.2, -0.15) is 0 Å². The molecule has 29 heavy (non-hydrogen) atoms. The Kier molecular flexibility index (Phi) is 6.57. The number of ether oxygens (including phenoxy) is 1. The highest BCUT2D eigenvalue weighted by Crippen LogP contribution is 2.32. The quantitative estimate of drug-likeness (QED) is 0.409. The number of rotatable bonds is 6. The standard InChI is InChI=1S/C22H27N3O3S/c1-13-12-17-8-6-7-9-19(17)25(13)21(27)16(4)28-20(26)11-10-18-14(2)23-22(29-5)24-15(18)3/h6-9,13,16H,10-12H2,1-5H3/t13-,16-/m1/s1. The zero-order valence-corrected chi connectivity index (χ0v) is 18.4. The molecule has 7 heteroatoms. The van der Waals surface area contributed by atoms with E-state index in [1.165, 1.54) is 11.8 Å². The minimum Gasteiger partial charge on any atom is -0.453 e. The predicted octanol–water partition coefficient (Wildman–Crippen LogP) is 3.66. The van der Waals surface area contributed by atoms with Crippen molar-refractivity contribution in [1.82, 2.24) is 9.97 Å². The first-order valence-electron chi connectivity index (χ1n) is 9.80. The smallest absolute Gasteiger partial charge is 0.306 e. The van der Waals surface area contributed by atoms with Gasteiger partial charge in [0, 0.05) is 29.5 Å². The average Bonchev–Trinajstić information content (AvgIpc) is 3.02. The van der Waals surface area contributed by atoms with Crippen LogP contribution in [0.5, 0.6) is 0 Å². The van der Waals surface area contributed by atoms with Gasteiger partial charge in [0.2, 0.25) is 0 Å². The Morgan fingerprint density at radius 2 is 1.90 bits per heavy atom. The SMILES string of the molecule is CSc1nc(C)c(CCC(=O)O[C@H](C)C(=O)N2c3ccccc3C[C@H]2C)c(C)n1. The third-order valence-electron chi connectivity index (χ3n) is 5.26. The Balaban J connectivity index is 1.61. The summed E-state index contributed by atoms with van der Waals surface area (Å²) in [7, 11) is 0. The Morgan fingerprint density at radius 3 is 2.55 bits per heavy atom. The molecule has 2 aromatic rings. The molecular formula is C22H27N3O3S. The van der Waals surface area contributed by atoms with Crippen molar-refractivity contribution in [2.24, 2.45) is 0 Å². The molecule has 1 amide bonds. The Hall–Kier alpha value is -2.41. The lowest BCUT2D eigenvalue weighted by atomic mass is 10.1. The van der Waals surface area contributed by atoms with Crippen molar-refractivity contribution in [2.45, 2.75) is 64.3 Å². The van der Waals surface area contributed by atoms with Gasteiger partial charge in [-0.15, -0.1) is 0 Å². The lowest BCUT2D eigenvalue weighted by molar-refractivity contribution is -0.154. The van der Waals surface area contributed by atoms with Crippen molar-refractivity contribution >= 4 is 29.3 Å². The van der Waals surface area contributed by atoms with E-state index in [2.05, 4.69) is 9.97 Å². The van der Waals surface area contributed by atoms with Crippen LogP contribution in [0, 0.1) is 13.8 Å². The van der Waals surface area contributed by atoms with Crippen LogP contribution in [0.3, 0.4) is 0 Å². The fourth-order valence-corrected chi connectivity index (χ4v) is 4.25. The van der Waals surface area contributed by atoms with Crippen molar-refractivity contribution in [2.75, 3.05) is 11.2 Å². The van der Waals surface area contributed by atoms with Gasteiger partial charge in [0.25, 0.3) is 5.91 Å². The number of anilines is 1. The zero-order chi connectivity index (χ0) is 21.1. The molecule has 0 saturated heterocycles. The van der Waals surface area contributed by atoms with E-state index in [-0.39, 0.29) is 18.4 Å². The molecule has 2 atom stereocenters. The van der Waals surface area contributed by atoms with Crippen LogP contribution in [0.2, 0.25) is 0 Å². The highest BCUT2D eigenvalue weighted by atomic mass is 32.2. The number of nitrogens with zero attached hydrogens (tertiary/aromatic N) is 3. The van der Waals surface area contributed by atoms with Crippen LogP contribution in [0.15, 0.2) is 29.4 Å². The highest BCUT2D eigenvalue weighted by molar-refractivity contribution is 7.98. The number of hydrogen-bond acceptors (Lipinski definition) is 6. The molecule has 0 saturated carbocycles. The topological polar surface area (TPSA) is 72.4 Å². The molecule has 2 heterocycles. The second-order valence-corrected chi connectivity index (χ2v) is 8.16. The molecule has 0 unspecified atom stereocenters. The summed E-state index contributed by atoms with van der Waals surface area (Å²) in [4.78, 5) is 35.9. The van der Waals surface area contributed by atoms with Crippen LogP contribution in [-0.2, 0) is 27.2 Å². The summed E-state index contributed by atoms with van der Waals surface area (Å²) in [5.74, 6) is -0.574. The number of carbonyl (C=O) groups excluding carboxylic acids is 2. The van der Waals surface area contributed by atoms with Gasteiger partial charge in [0.1, 0.15) is 0 Å². The maximum absolute atomic E-state index is 12.9. The molecule has 1 aliphatic heterocycles. The zero-order valence-electron chi connectivity index (χ0n) is 17.6. The monoisotopic (exact) mass is 413 g/mol. The second-order valence-electron chi connectivity index (χ2n) is 7.38. The highest BCUT2D eigenvalue weighted by Gasteiger charge is 2.34. The van der Waals surface area contributed by atoms with Crippen LogP contribution in [-0.4, -0.2) is 40.2 Å². The Labute approximate surface area is 176 Å². The summed E-state index contributed by atoms with van der Waals surface area (Å²) >= 11 is 1.49. The molecule has 6 nitrogen and oxygen atoms in total. The largest absolute Gasteiger partial charge is 0.453 e. The van der Waals surface area contributed by atoms with Crippen LogP contribution in [0.25, 0.3) is 0 Å². The summed E-state index contributed by atoms with van der Waals surface area (Å²) in [6.07, 6.45) is 2.60. The molecule has 1 aliphatic rings. The Bertz CT molecular complexity index is 908. The summed E-state index contributed by atoms with van der Waals surface area (Å²) < 4.78 is 5.46. The molecule has 3 rings (SSSR count).